The molecule has 1 saturated carbocycles. The molecular formula is C18H23N3O3. The van der Waals surface area contributed by atoms with Crippen LogP contribution in [0.4, 0.5) is 0 Å². The van der Waals surface area contributed by atoms with Crippen molar-refractivity contribution in [1.82, 2.24) is 15.5 Å². The number of para-hydroxylation sites is 1. The molecule has 0 spiro atoms. The minimum Gasteiger partial charge on any atom is -0.496 e. The number of ether oxygens (including phenoxy) is 1. The number of nitrogens with zero attached hydrogens (tertiary/aromatic N) is 2. The summed E-state index contributed by atoms with van der Waals surface area (Å²) in [6, 6.07) is 7.51. The van der Waals surface area contributed by atoms with Crippen LogP contribution in [0.25, 0.3) is 11.5 Å². The van der Waals surface area contributed by atoms with E-state index in [4.69, 9.17) is 9.15 Å². The fraction of sp³-hybridized carbons (Fsp3) is 0.500. The third-order valence-corrected chi connectivity index (χ3v) is 4.42. The molecule has 0 aliphatic heterocycles. The second-order valence-electron chi connectivity index (χ2n) is 6.08. The fourth-order valence-electron chi connectivity index (χ4n) is 3.09. The van der Waals surface area contributed by atoms with Crippen LogP contribution in [0.5, 0.6) is 5.75 Å². The zero-order valence-corrected chi connectivity index (χ0v) is 14.0. The highest BCUT2D eigenvalue weighted by Crippen LogP contribution is 2.28. The summed E-state index contributed by atoms with van der Waals surface area (Å²) in [6.07, 6.45) is 6.10. The summed E-state index contributed by atoms with van der Waals surface area (Å²) in [5, 5.41) is 11.1. The van der Waals surface area contributed by atoms with Gasteiger partial charge in [0.15, 0.2) is 0 Å². The molecule has 0 atom stereocenters. The van der Waals surface area contributed by atoms with E-state index in [2.05, 4.69) is 15.5 Å². The van der Waals surface area contributed by atoms with Crippen molar-refractivity contribution in [3.05, 3.63) is 30.2 Å². The highest BCUT2D eigenvalue weighted by molar-refractivity contribution is 5.78. The molecule has 128 valence electrons. The third-order valence-electron chi connectivity index (χ3n) is 4.42. The van der Waals surface area contributed by atoms with E-state index < -0.39 is 0 Å². The maximum atomic E-state index is 12.1. The summed E-state index contributed by atoms with van der Waals surface area (Å²) in [6.45, 7) is 0.517. The first-order valence-corrected chi connectivity index (χ1v) is 8.51. The molecule has 0 bridgehead atoms. The Balaban J connectivity index is 1.53. The van der Waals surface area contributed by atoms with E-state index in [0.29, 0.717) is 30.5 Å². The number of nitrogens with one attached hydrogen (secondary N) is 1. The number of amides is 1. The topological polar surface area (TPSA) is 77.3 Å². The average molecular weight is 329 g/mol. The fourth-order valence-corrected chi connectivity index (χ4v) is 3.09. The SMILES string of the molecule is COc1ccccc1-c1nnc(CCNC(=O)C2CCCCC2)o1. The average Bonchev–Trinajstić information content (AvgIpc) is 3.11. The van der Waals surface area contributed by atoms with Gasteiger partial charge in [0.2, 0.25) is 11.8 Å². The lowest BCUT2D eigenvalue weighted by molar-refractivity contribution is -0.125. The summed E-state index contributed by atoms with van der Waals surface area (Å²) in [5.41, 5.74) is 0.769. The van der Waals surface area contributed by atoms with Crippen molar-refractivity contribution >= 4 is 5.91 Å². The molecule has 0 unspecified atom stereocenters. The van der Waals surface area contributed by atoms with Crippen LogP contribution in [0.2, 0.25) is 0 Å². The summed E-state index contributed by atoms with van der Waals surface area (Å²) in [7, 11) is 1.61. The van der Waals surface area contributed by atoms with Gasteiger partial charge in [-0.15, -0.1) is 10.2 Å². The molecule has 1 heterocycles. The number of aromatic nitrogens is 2. The monoisotopic (exact) mass is 329 g/mol. The van der Waals surface area contributed by atoms with Crippen LogP contribution in [0, 0.1) is 5.92 Å². The number of hydrogen-bond acceptors (Lipinski definition) is 5. The van der Waals surface area contributed by atoms with Gasteiger partial charge in [-0.05, 0) is 25.0 Å². The van der Waals surface area contributed by atoms with E-state index in [9.17, 15) is 4.79 Å². The smallest absolute Gasteiger partial charge is 0.251 e. The van der Waals surface area contributed by atoms with Crippen LogP contribution in [0.1, 0.15) is 38.0 Å². The number of benzene rings is 1. The Hall–Kier alpha value is -2.37. The van der Waals surface area contributed by atoms with E-state index in [1.54, 1.807) is 7.11 Å². The van der Waals surface area contributed by atoms with E-state index in [1.165, 1.54) is 6.42 Å². The Morgan fingerprint density at radius 1 is 1.25 bits per heavy atom. The lowest BCUT2D eigenvalue weighted by Crippen LogP contribution is -2.33. The van der Waals surface area contributed by atoms with Crippen molar-refractivity contribution in [2.24, 2.45) is 5.92 Å². The molecule has 3 rings (SSSR count). The number of hydrogen-bond donors (Lipinski definition) is 1. The minimum atomic E-state index is 0.152. The first-order valence-electron chi connectivity index (χ1n) is 8.51. The first kappa shape index (κ1) is 16.5. The van der Waals surface area contributed by atoms with E-state index in [1.807, 2.05) is 24.3 Å². The molecule has 6 nitrogen and oxygen atoms in total. The summed E-state index contributed by atoms with van der Waals surface area (Å²) < 4.78 is 11.0. The zero-order valence-electron chi connectivity index (χ0n) is 14.0. The van der Waals surface area contributed by atoms with Crippen molar-refractivity contribution in [1.29, 1.82) is 0 Å². The van der Waals surface area contributed by atoms with Gasteiger partial charge in [0, 0.05) is 18.9 Å². The second-order valence-corrected chi connectivity index (χ2v) is 6.08. The molecule has 1 amide bonds. The number of methoxy groups -OCH3 is 1. The van der Waals surface area contributed by atoms with Crippen molar-refractivity contribution in [3.63, 3.8) is 0 Å². The standard InChI is InChI=1S/C18H23N3O3/c1-23-15-10-6-5-9-14(15)18-21-20-16(24-18)11-12-19-17(22)13-7-3-2-4-8-13/h5-6,9-10,13H,2-4,7-8,11-12H2,1H3,(H,19,22). The molecular weight excluding hydrogens is 306 g/mol. The molecule has 1 aromatic heterocycles. The van der Waals surface area contributed by atoms with Crippen molar-refractivity contribution in [2.75, 3.05) is 13.7 Å². The van der Waals surface area contributed by atoms with Crippen molar-refractivity contribution in [3.8, 4) is 17.2 Å². The number of rotatable bonds is 6. The normalized spacial score (nSPS) is 15.2. The van der Waals surface area contributed by atoms with Crippen LogP contribution < -0.4 is 10.1 Å². The lowest BCUT2D eigenvalue weighted by Gasteiger charge is -2.20. The highest BCUT2D eigenvalue weighted by Gasteiger charge is 2.20. The number of carbonyl (C=O) groups is 1. The molecule has 0 saturated heterocycles. The molecule has 1 aliphatic rings. The summed E-state index contributed by atoms with van der Waals surface area (Å²) in [4.78, 5) is 12.1. The second kappa shape index (κ2) is 7.95. The van der Waals surface area contributed by atoms with Crippen molar-refractivity contribution < 1.29 is 13.9 Å². The summed E-state index contributed by atoms with van der Waals surface area (Å²) in [5.74, 6) is 1.96. The lowest BCUT2D eigenvalue weighted by atomic mass is 9.89. The Morgan fingerprint density at radius 3 is 2.83 bits per heavy atom. The molecule has 1 N–H and O–H groups in total. The van der Waals surface area contributed by atoms with E-state index in [0.717, 1.165) is 31.2 Å². The Bertz CT molecular complexity index is 678. The maximum absolute atomic E-state index is 12.1. The van der Waals surface area contributed by atoms with E-state index >= 15 is 0 Å². The van der Waals surface area contributed by atoms with Crippen LogP contribution in [-0.4, -0.2) is 29.8 Å². The maximum Gasteiger partial charge on any atom is 0.251 e. The van der Waals surface area contributed by atoms with Gasteiger partial charge in [0.1, 0.15) is 5.75 Å². The van der Waals surface area contributed by atoms with E-state index in [-0.39, 0.29) is 11.8 Å². The molecule has 1 fully saturated rings. The molecule has 0 radical (unpaired) electrons. The van der Waals surface area contributed by atoms with Crippen LogP contribution in [0.15, 0.2) is 28.7 Å². The molecule has 1 aromatic carbocycles. The predicted molar refractivity (Wildman–Crippen MR) is 89.6 cm³/mol. The van der Waals surface area contributed by atoms with Crippen LogP contribution in [-0.2, 0) is 11.2 Å². The Kier molecular flexibility index (Phi) is 5.46. The third kappa shape index (κ3) is 3.93. The highest BCUT2D eigenvalue weighted by atomic mass is 16.5. The largest absolute Gasteiger partial charge is 0.496 e. The van der Waals surface area contributed by atoms with Gasteiger partial charge in [0.05, 0.1) is 12.7 Å². The Morgan fingerprint density at radius 2 is 2.04 bits per heavy atom. The Labute approximate surface area is 141 Å². The van der Waals surface area contributed by atoms with Crippen molar-refractivity contribution in [2.45, 2.75) is 38.5 Å². The van der Waals surface area contributed by atoms with Crippen LogP contribution in [0.3, 0.4) is 0 Å². The number of carbonyl (C=O) groups excluding carboxylic acids is 1. The zero-order chi connectivity index (χ0) is 16.8. The van der Waals surface area contributed by atoms with Gasteiger partial charge in [-0.2, -0.15) is 0 Å². The van der Waals surface area contributed by atoms with Gasteiger partial charge in [-0.1, -0.05) is 31.4 Å². The van der Waals surface area contributed by atoms with Gasteiger partial charge < -0.3 is 14.5 Å². The first-order chi connectivity index (χ1) is 11.8. The van der Waals surface area contributed by atoms with Crippen LogP contribution >= 0.6 is 0 Å². The molecule has 6 heteroatoms. The molecule has 24 heavy (non-hydrogen) atoms. The van der Waals surface area contributed by atoms with Gasteiger partial charge in [-0.3, -0.25) is 4.79 Å². The minimum absolute atomic E-state index is 0.152. The molecule has 1 aliphatic carbocycles. The van der Waals surface area contributed by atoms with Gasteiger partial charge >= 0.3 is 0 Å². The predicted octanol–water partition coefficient (Wildman–Crippen LogP) is 2.98. The van der Waals surface area contributed by atoms with Gasteiger partial charge in [0.25, 0.3) is 5.89 Å². The molecule has 2 aromatic rings. The summed E-state index contributed by atoms with van der Waals surface area (Å²) >= 11 is 0. The quantitative estimate of drug-likeness (QED) is 0.881. The van der Waals surface area contributed by atoms with Gasteiger partial charge in [-0.25, -0.2) is 0 Å².